The number of benzene rings is 2. The number of aromatic nitrogens is 2. The Morgan fingerprint density at radius 1 is 1.07 bits per heavy atom. The predicted molar refractivity (Wildman–Crippen MR) is 107 cm³/mol. The highest BCUT2D eigenvalue weighted by Crippen LogP contribution is 2.31. The van der Waals surface area contributed by atoms with Gasteiger partial charge in [-0.1, -0.05) is 6.07 Å². The number of hydrogen-bond donors (Lipinski definition) is 3. The number of rotatable bonds is 4. The summed E-state index contributed by atoms with van der Waals surface area (Å²) in [5, 5.41) is 3.89. The zero-order chi connectivity index (χ0) is 21.6. The van der Waals surface area contributed by atoms with Crippen LogP contribution < -0.4 is 5.32 Å². The average Bonchev–Trinajstić information content (AvgIpc) is 3.25. The van der Waals surface area contributed by atoms with Gasteiger partial charge >= 0.3 is 6.18 Å². The van der Waals surface area contributed by atoms with Gasteiger partial charge in [-0.15, -0.1) is 0 Å². The van der Waals surface area contributed by atoms with Gasteiger partial charge in [0.1, 0.15) is 11.5 Å². The van der Waals surface area contributed by atoms with Gasteiger partial charge in [-0.2, -0.15) is 13.2 Å². The number of alkyl halides is 3. The van der Waals surface area contributed by atoms with Crippen LogP contribution in [0.4, 0.5) is 17.6 Å². The number of amides is 1. The Bertz CT molecular complexity index is 1270. The van der Waals surface area contributed by atoms with Crippen molar-refractivity contribution in [1.29, 1.82) is 0 Å². The molecule has 0 fully saturated rings. The topological polar surface area (TPSA) is 60.7 Å². The fraction of sp³-hybridized carbons (Fsp3) is 0.227. The van der Waals surface area contributed by atoms with Gasteiger partial charge in [0.2, 0.25) is 0 Å². The van der Waals surface area contributed by atoms with Crippen molar-refractivity contribution < 1.29 is 22.4 Å². The second kappa shape index (κ2) is 7.19. The van der Waals surface area contributed by atoms with Gasteiger partial charge in [0, 0.05) is 28.5 Å². The van der Waals surface area contributed by atoms with Crippen molar-refractivity contribution in [3.63, 3.8) is 0 Å². The lowest BCUT2D eigenvalue weighted by Crippen LogP contribution is -2.26. The van der Waals surface area contributed by atoms with Gasteiger partial charge < -0.3 is 15.3 Å². The maximum absolute atomic E-state index is 14.1. The van der Waals surface area contributed by atoms with E-state index in [-0.39, 0.29) is 11.5 Å². The number of aromatic amines is 2. The van der Waals surface area contributed by atoms with Crippen molar-refractivity contribution in [1.82, 2.24) is 15.3 Å². The molecule has 4 nitrogen and oxygen atoms in total. The van der Waals surface area contributed by atoms with E-state index in [4.69, 9.17) is 0 Å². The molecule has 0 bridgehead atoms. The molecule has 1 amide bonds. The summed E-state index contributed by atoms with van der Waals surface area (Å²) in [7, 11) is 0. The highest BCUT2D eigenvalue weighted by atomic mass is 19.4. The van der Waals surface area contributed by atoms with E-state index in [2.05, 4.69) is 15.3 Å². The standard InChI is InChI=1S/C22H19F4N3O/c1-11-3-5-16(23)20-19(11)15(12(2)28-20)7-8-27-21(30)18-10-13-9-14(22(24,25)26)4-6-17(13)29-18/h3-6,9-10,28-29H,7-8H2,1-2H3,(H,27,30). The maximum Gasteiger partial charge on any atom is 0.416 e. The number of carbonyl (C=O) groups excluding carboxylic acids is 1. The second-order valence-electron chi connectivity index (χ2n) is 7.33. The first-order valence-electron chi connectivity index (χ1n) is 9.39. The molecule has 156 valence electrons. The van der Waals surface area contributed by atoms with Crippen molar-refractivity contribution in [3.8, 4) is 0 Å². The van der Waals surface area contributed by atoms with Gasteiger partial charge in [-0.25, -0.2) is 4.39 Å². The van der Waals surface area contributed by atoms with E-state index >= 15 is 0 Å². The summed E-state index contributed by atoms with van der Waals surface area (Å²) < 4.78 is 52.7. The van der Waals surface area contributed by atoms with Gasteiger partial charge in [-0.05, 0) is 61.7 Å². The Labute approximate surface area is 169 Å². The van der Waals surface area contributed by atoms with E-state index in [1.807, 2.05) is 13.8 Å². The Balaban J connectivity index is 1.50. The molecule has 0 aliphatic heterocycles. The van der Waals surface area contributed by atoms with E-state index in [1.54, 1.807) is 6.07 Å². The smallest absolute Gasteiger partial charge is 0.356 e. The molecule has 4 aromatic rings. The normalized spacial score (nSPS) is 12.1. The Morgan fingerprint density at radius 3 is 2.57 bits per heavy atom. The van der Waals surface area contributed by atoms with Crippen LogP contribution in [0.2, 0.25) is 0 Å². The maximum atomic E-state index is 14.1. The zero-order valence-electron chi connectivity index (χ0n) is 16.3. The number of hydrogen-bond acceptors (Lipinski definition) is 1. The number of carbonyl (C=O) groups is 1. The van der Waals surface area contributed by atoms with E-state index < -0.39 is 17.6 Å². The molecular weight excluding hydrogens is 398 g/mol. The lowest BCUT2D eigenvalue weighted by atomic mass is 10.0. The first-order chi connectivity index (χ1) is 14.1. The fourth-order valence-electron chi connectivity index (χ4n) is 3.78. The van der Waals surface area contributed by atoms with E-state index in [1.165, 1.54) is 18.2 Å². The summed E-state index contributed by atoms with van der Waals surface area (Å²) in [4.78, 5) is 18.4. The summed E-state index contributed by atoms with van der Waals surface area (Å²) in [6, 6.07) is 7.82. The highest BCUT2D eigenvalue weighted by molar-refractivity contribution is 5.98. The summed E-state index contributed by atoms with van der Waals surface area (Å²) in [5.74, 6) is -0.745. The average molecular weight is 417 g/mol. The molecule has 0 saturated heterocycles. The minimum absolute atomic E-state index is 0.183. The highest BCUT2D eigenvalue weighted by Gasteiger charge is 2.30. The molecule has 0 aliphatic carbocycles. The fourth-order valence-corrected chi connectivity index (χ4v) is 3.78. The third kappa shape index (κ3) is 3.53. The molecule has 3 N–H and O–H groups in total. The van der Waals surface area contributed by atoms with Crippen LogP contribution in [0.25, 0.3) is 21.8 Å². The number of H-pyrrole nitrogens is 2. The molecule has 0 saturated carbocycles. The molecule has 2 aromatic heterocycles. The van der Waals surface area contributed by atoms with E-state index in [0.717, 1.165) is 34.3 Å². The summed E-state index contributed by atoms with van der Waals surface area (Å²) in [6.45, 7) is 4.05. The summed E-state index contributed by atoms with van der Waals surface area (Å²) in [5.41, 5.74) is 3.01. The second-order valence-corrected chi connectivity index (χ2v) is 7.33. The first kappa shape index (κ1) is 20.0. The molecule has 0 spiro atoms. The third-order valence-corrected chi connectivity index (χ3v) is 5.28. The zero-order valence-corrected chi connectivity index (χ0v) is 16.3. The molecule has 0 atom stereocenters. The first-order valence-corrected chi connectivity index (χ1v) is 9.39. The van der Waals surface area contributed by atoms with Crippen LogP contribution in [-0.2, 0) is 12.6 Å². The number of halogens is 4. The SMILES string of the molecule is Cc1[nH]c2c(F)ccc(C)c2c1CCNC(=O)c1cc2cc(C(F)(F)F)ccc2[nH]1. The van der Waals surface area contributed by atoms with Crippen LogP contribution in [0.5, 0.6) is 0 Å². The van der Waals surface area contributed by atoms with Crippen LogP contribution in [0.15, 0.2) is 36.4 Å². The minimum Gasteiger partial charge on any atom is -0.356 e. The summed E-state index contributed by atoms with van der Waals surface area (Å²) >= 11 is 0. The monoisotopic (exact) mass is 417 g/mol. The Morgan fingerprint density at radius 2 is 1.83 bits per heavy atom. The van der Waals surface area contributed by atoms with Crippen molar-refractivity contribution in [2.24, 2.45) is 0 Å². The van der Waals surface area contributed by atoms with Crippen molar-refractivity contribution in [2.75, 3.05) is 6.54 Å². The molecule has 30 heavy (non-hydrogen) atoms. The molecule has 0 unspecified atom stereocenters. The number of fused-ring (bicyclic) bond motifs is 2. The molecule has 0 radical (unpaired) electrons. The predicted octanol–water partition coefficient (Wildman–Crippen LogP) is 5.40. The van der Waals surface area contributed by atoms with Crippen LogP contribution in [0.3, 0.4) is 0 Å². The van der Waals surface area contributed by atoms with Crippen LogP contribution in [-0.4, -0.2) is 22.4 Å². The van der Waals surface area contributed by atoms with Gasteiger partial charge in [0.25, 0.3) is 5.91 Å². The van der Waals surface area contributed by atoms with Crippen LogP contribution in [0, 0.1) is 19.7 Å². The lowest BCUT2D eigenvalue weighted by Gasteiger charge is -2.06. The minimum atomic E-state index is -4.44. The summed E-state index contributed by atoms with van der Waals surface area (Å²) in [6.07, 6.45) is -3.96. The van der Waals surface area contributed by atoms with Gasteiger partial charge in [-0.3, -0.25) is 4.79 Å². The molecule has 0 aliphatic rings. The molecule has 2 aromatic carbocycles. The largest absolute Gasteiger partial charge is 0.416 e. The van der Waals surface area contributed by atoms with E-state index in [0.29, 0.717) is 29.4 Å². The Hall–Kier alpha value is -3.29. The van der Waals surface area contributed by atoms with Crippen molar-refractivity contribution in [3.05, 3.63) is 70.3 Å². The molecule has 4 rings (SSSR count). The van der Waals surface area contributed by atoms with Crippen molar-refractivity contribution in [2.45, 2.75) is 26.4 Å². The number of aryl methyl sites for hydroxylation is 2. The molecule has 2 heterocycles. The molecular formula is C22H19F4N3O. The van der Waals surface area contributed by atoms with Gasteiger partial charge in [0.15, 0.2) is 0 Å². The quantitative estimate of drug-likeness (QED) is 0.383. The lowest BCUT2D eigenvalue weighted by molar-refractivity contribution is -0.137. The van der Waals surface area contributed by atoms with Crippen molar-refractivity contribution >= 4 is 27.7 Å². The van der Waals surface area contributed by atoms with Gasteiger partial charge in [0.05, 0.1) is 11.1 Å². The third-order valence-electron chi connectivity index (χ3n) is 5.28. The van der Waals surface area contributed by atoms with Crippen LogP contribution in [0.1, 0.15) is 32.9 Å². The van der Waals surface area contributed by atoms with Crippen LogP contribution >= 0.6 is 0 Å². The molecule has 8 heteroatoms. The Kier molecular flexibility index (Phi) is 4.80. The number of nitrogens with one attached hydrogen (secondary N) is 3. The van der Waals surface area contributed by atoms with E-state index in [9.17, 15) is 22.4 Å².